The van der Waals surface area contributed by atoms with Crippen molar-refractivity contribution in [3.8, 4) is 0 Å². The molecule has 6 nitrogen and oxygen atoms in total. The smallest absolute Gasteiger partial charge is 0.283 e. The second kappa shape index (κ2) is 7.27. The highest BCUT2D eigenvalue weighted by Crippen LogP contribution is 2.12. The fourth-order valence-electron chi connectivity index (χ4n) is 1.33. The Balaban J connectivity index is 4.57. The van der Waals surface area contributed by atoms with Crippen molar-refractivity contribution in [3.05, 3.63) is 0 Å². The second-order valence-corrected chi connectivity index (χ2v) is 5.46. The molecule has 0 saturated heterocycles. The summed E-state index contributed by atoms with van der Waals surface area (Å²) in [5, 5.41) is 0. The summed E-state index contributed by atoms with van der Waals surface area (Å²) in [5.74, 6) is 0. The van der Waals surface area contributed by atoms with Crippen LogP contribution >= 0.6 is 0 Å². The number of hydrogen-bond donors (Lipinski definition) is 0. The van der Waals surface area contributed by atoms with Gasteiger partial charge < -0.3 is 0 Å². The van der Waals surface area contributed by atoms with Crippen LogP contribution in [0.3, 0.4) is 0 Å². The lowest BCUT2D eigenvalue weighted by Gasteiger charge is -2.25. The Morgan fingerprint density at radius 1 is 0.882 bits per heavy atom. The monoisotopic (exact) mass is 268 g/mol. The van der Waals surface area contributed by atoms with Gasteiger partial charge in [-0.1, -0.05) is 13.8 Å². The normalized spacial score (nSPS) is 16.5. The van der Waals surface area contributed by atoms with Crippen molar-refractivity contribution in [2.24, 2.45) is 0 Å². The van der Waals surface area contributed by atoms with Crippen molar-refractivity contribution < 1.29 is 16.8 Å². The van der Waals surface area contributed by atoms with Gasteiger partial charge in [-0.3, -0.25) is 9.80 Å². The molecule has 0 spiro atoms. The summed E-state index contributed by atoms with van der Waals surface area (Å²) < 4.78 is 33.3. The molecule has 0 aromatic carbocycles. The van der Waals surface area contributed by atoms with Gasteiger partial charge in [-0.2, -0.15) is 8.42 Å². The maximum Gasteiger partial charge on any atom is 0.402 e. The summed E-state index contributed by atoms with van der Waals surface area (Å²) in [4.78, 5) is 3.38. The van der Waals surface area contributed by atoms with E-state index in [9.17, 15) is 8.42 Å². The highest BCUT2D eigenvalue weighted by molar-refractivity contribution is 7.81. The zero-order valence-electron chi connectivity index (χ0n) is 11.5. The predicted molar refractivity (Wildman–Crippen MR) is 66.6 cm³/mol. The summed E-state index contributed by atoms with van der Waals surface area (Å²) in [6.45, 7) is 3.70. The highest BCUT2D eigenvalue weighted by atomic mass is 32.3. The summed E-state index contributed by atoms with van der Waals surface area (Å²) in [6.07, 6.45) is 0.127. The van der Waals surface area contributed by atoms with Gasteiger partial charge in [0.15, 0.2) is 0 Å². The molecule has 2 unspecified atom stereocenters. The fourth-order valence-corrected chi connectivity index (χ4v) is 2.54. The largest absolute Gasteiger partial charge is 0.402 e. The Morgan fingerprint density at radius 3 is 1.35 bits per heavy atom. The van der Waals surface area contributed by atoms with Gasteiger partial charge in [0.05, 0.1) is 0 Å². The van der Waals surface area contributed by atoms with E-state index >= 15 is 0 Å². The average molecular weight is 268 g/mol. The minimum absolute atomic E-state index is 0.500. The van der Waals surface area contributed by atoms with E-state index < -0.39 is 22.9 Å². The van der Waals surface area contributed by atoms with Crippen LogP contribution in [0, 0.1) is 0 Å². The molecule has 7 heteroatoms. The van der Waals surface area contributed by atoms with Gasteiger partial charge in [-0.25, -0.2) is 8.37 Å². The van der Waals surface area contributed by atoms with Crippen molar-refractivity contribution in [2.45, 2.75) is 39.1 Å². The molecule has 0 aromatic rings. The van der Waals surface area contributed by atoms with Gasteiger partial charge in [-0.05, 0) is 41.0 Å². The Hall–Kier alpha value is -0.210. The van der Waals surface area contributed by atoms with Crippen LogP contribution in [0.1, 0.15) is 26.7 Å². The molecule has 17 heavy (non-hydrogen) atoms. The van der Waals surface area contributed by atoms with Crippen molar-refractivity contribution in [1.82, 2.24) is 9.80 Å². The molecule has 0 saturated carbocycles. The molecule has 0 fully saturated rings. The maximum atomic E-state index is 11.7. The molecule has 0 bridgehead atoms. The Labute approximate surface area is 105 Å². The topological polar surface area (TPSA) is 59.1 Å². The van der Waals surface area contributed by atoms with Crippen LogP contribution in [0.4, 0.5) is 0 Å². The molecule has 0 radical (unpaired) electrons. The third-order valence-electron chi connectivity index (χ3n) is 2.31. The first-order valence-corrected chi connectivity index (χ1v) is 7.01. The average Bonchev–Trinajstić information content (AvgIpc) is 2.22. The zero-order valence-corrected chi connectivity index (χ0v) is 12.3. The molecule has 104 valence electrons. The fraction of sp³-hybridized carbons (Fsp3) is 1.00. The van der Waals surface area contributed by atoms with Gasteiger partial charge in [0, 0.05) is 0 Å². The Morgan fingerprint density at radius 2 is 1.18 bits per heavy atom. The quantitative estimate of drug-likeness (QED) is 0.609. The number of rotatable bonds is 8. The van der Waals surface area contributed by atoms with Gasteiger partial charge in [0.25, 0.3) is 0 Å². The van der Waals surface area contributed by atoms with E-state index in [1.165, 1.54) is 0 Å². The van der Waals surface area contributed by atoms with Crippen molar-refractivity contribution in [3.63, 3.8) is 0 Å². The molecule has 0 amide bonds. The Bertz CT molecular complexity index is 279. The summed E-state index contributed by atoms with van der Waals surface area (Å²) in [6, 6.07) is 0. The predicted octanol–water partition coefficient (Wildman–Crippen LogP) is 0.860. The molecule has 0 aliphatic heterocycles. The lowest BCUT2D eigenvalue weighted by molar-refractivity contribution is 0.00928. The van der Waals surface area contributed by atoms with Crippen LogP contribution in [0.2, 0.25) is 0 Å². The number of nitrogens with zero attached hydrogens (tertiary/aromatic N) is 2. The van der Waals surface area contributed by atoms with Crippen LogP contribution in [0.15, 0.2) is 0 Å². The van der Waals surface area contributed by atoms with Gasteiger partial charge >= 0.3 is 10.4 Å². The van der Waals surface area contributed by atoms with E-state index in [-0.39, 0.29) is 0 Å². The van der Waals surface area contributed by atoms with E-state index in [0.29, 0.717) is 12.8 Å². The van der Waals surface area contributed by atoms with E-state index in [0.717, 1.165) is 0 Å². The molecular formula is C10H24N2O4S. The summed E-state index contributed by atoms with van der Waals surface area (Å²) >= 11 is 0. The molecule has 0 aromatic heterocycles. The maximum absolute atomic E-state index is 11.7. The molecule has 2 atom stereocenters. The van der Waals surface area contributed by atoms with Gasteiger partial charge in [0.2, 0.25) is 0 Å². The van der Waals surface area contributed by atoms with Crippen molar-refractivity contribution >= 4 is 10.4 Å². The minimum Gasteiger partial charge on any atom is -0.283 e. The first-order chi connectivity index (χ1) is 7.73. The van der Waals surface area contributed by atoms with E-state index in [4.69, 9.17) is 8.37 Å². The van der Waals surface area contributed by atoms with E-state index in [1.54, 1.807) is 38.0 Å². The third kappa shape index (κ3) is 6.32. The Kier molecular flexibility index (Phi) is 7.18. The van der Waals surface area contributed by atoms with Crippen molar-refractivity contribution in [2.75, 3.05) is 28.2 Å². The second-order valence-electron chi connectivity index (χ2n) is 4.25. The van der Waals surface area contributed by atoms with Crippen LogP contribution in [-0.4, -0.2) is 58.9 Å². The van der Waals surface area contributed by atoms with Crippen LogP contribution in [-0.2, 0) is 18.8 Å². The van der Waals surface area contributed by atoms with Crippen LogP contribution < -0.4 is 0 Å². The standard InChI is InChI=1S/C10H24N2O4S/c1-7-9(11(3)4)15-17(13,14)16-10(8-2)12(5)6/h9-10H,7-8H2,1-6H3. The van der Waals surface area contributed by atoms with E-state index in [1.807, 2.05) is 13.8 Å². The van der Waals surface area contributed by atoms with Crippen LogP contribution in [0.25, 0.3) is 0 Å². The molecule has 0 aliphatic rings. The van der Waals surface area contributed by atoms with Gasteiger partial charge in [0.1, 0.15) is 12.5 Å². The lowest BCUT2D eigenvalue weighted by atomic mass is 10.4. The van der Waals surface area contributed by atoms with Crippen LogP contribution in [0.5, 0.6) is 0 Å². The lowest BCUT2D eigenvalue weighted by Crippen LogP contribution is -2.37. The molecule has 0 aliphatic carbocycles. The first kappa shape index (κ1) is 16.8. The first-order valence-electron chi connectivity index (χ1n) is 5.67. The molecule has 0 heterocycles. The summed E-state index contributed by atoms with van der Waals surface area (Å²) in [5.41, 5.74) is 0. The third-order valence-corrected chi connectivity index (χ3v) is 3.22. The zero-order chi connectivity index (χ0) is 13.6. The van der Waals surface area contributed by atoms with Gasteiger partial charge in [-0.15, -0.1) is 0 Å². The number of hydrogen-bond acceptors (Lipinski definition) is 6. The SMILES string of the molecule is CCC(OS(=O)(=O)OC(CC)N(C)C)N(C)C. The molecular weight excluding hydrogens is 244 g/mol. The molecule has 0 rings (SSSR count). The molecule has 0 N–H and O–H groups in total. The highest BCUT2D eigenvalue weighted by Gasteiger charge is 2.25. The minimum atomic E-state index is -3.98. The van der Waals surface area contributed by atoms with Crippen molar-refractivity contribution in [1.29, 1.82) is 0 Å². The van der Waals surface area contributed by atoms with E-state index in [2.05, 4.69) is 0 Å². The summed E-state index contributed by atoms with van der Waals surface area (Å²) in [7, 11) is 3.05.